The fourth-order valence-corrected chi connectivity index (χ4v) is 2.85. The smallest absolute Gasteiger partial charge is 0.154 e. The van der Waals surface area contributed by atoms with Crippen LogP contribution in [0.5, 0.6) is 5.75 Å². The van der Waals surface area contributed by atoms with Crippen molar-refractivity contribution in [1.29, 1.82) is 0 Å². The molecule has 0 saturated heterocycles. The molecule has 2 rings (SSSR count). The summed E-state index contributed by atoms with van der Waals surface area (Å²) in [6.45, 7) is 5.88. The minimum absolute atomic E-state index is 0.408. The summed E-state index contributed by atoms with van der Waals surface area (Å²) in [5.74, 6) is 0.512. The molecule has 21 heavy (non-hydrogen) atoms. The quantitative estimate of drug-likeness (QED) is 0.668. The molecular weight excluding hydrogens is 266 g/mol. The summed E-state index contributed by atoms with van der Waals surface area (Å²) >= 11 is 0. The number of hydrogen-bond acceptors (Lipinski definition) is 4. The van der Waals surface area contributed by atoms with Crippen molar-refractivity contribution < 1.29 is 14.6 Å². The third kappa shape index (κ3) is 3.70. The van der Waals surface area contributed by atoms with Gasteiger partial charge >= 0.3 is 0 Å². The number of aldehydes is 1. The van der Waals surface area contributed by atoms with Crippen LogP contribution in [0.4, 0.5) is 0 Å². The Balaban J connectivity index is 2.20. The number of aromatic nitrogens is 1. The molecule has 0 atom stereocenters. The van der Waals surface area contributed by atoms with Gasteiger partial charge < -0.3 is 9.84 Å². The Labute approximate surface area is 125 Å². The first-order valence-electron chi connectivity index (χ1n) is 7.40. The van der Waals surface area contributed by atoms with Gasteiger partial charge in [0.1, 0.15) is 12.4 Å². The van der Waals surface area contributed by atoms with E-state index in [1.165, 1.54) is 0 Å². The lowest BCUT2D eigenvalue weighted by Crippen LogP contribution is -2.27. The van der Waals surface area contributed by atoms with Gasteiger partial charge in [-0.3, -0.25) is 9.78 Å². The minimum atomic E-state index is -0.808. The molecule has 0 radical (unpaired) electrons. The Morgan fingerprint density at radius 2 is 2.05 bits per heavy atom. The number of carbonyl (C=O) groups is 1. The summed E-state index contributed by atoms with van der Waals surface area (Å²) < 4.78 is 5.81. The van der Waals surface area contributed by atoms with Crippen LogP contribution < -0.4 is 4.74 Å². The molecule has 1 N–H and O–H groups in total. The van der Waals surface area contributed by atoms with Crippen molar-refractivity contribution in [3.8, 4) is 5.75 Å². The minimum Gasteiger partial charge on any atom is -0.487 e. The van der Waals surface area contributed by atoms with Gasteiger partial charge in [0.15, 0.2) is 6.29 Å². The van der Waals surface area contributed by atoms with E-state index < -0.39 is 5.60 Å². The molecule has 4 nitrogen and oxygen atoms in total. The summed E-state index contributed by atoms with van der Waals surface area (Å²) in [4.78, 5) is 15.2. The Morgan fingerprint density at radius 3 is 2.71 bits per heavy atom. The van der Waals surface area contributed by atoms with Crippen molar-refractivity contribution in [1.82, 2.24) is 4.98 Å². The zero-order valence-corrected chi connectivity index (χ0v) is 13.0. The van der Waals surface area contributed by atoms with Crippen LogP contribution in [0.3, 0.4) is 0 Å². The van der Waals surface area contributed by atoms with Crippen LogP contribution in [0.2, 0.25) is 0 Å². The molecule has 0 unspecified atom stereocenters. The van der Waals surface area contributed by atoms with Crippen molar-refractivity contribution in [3.05, 3.63) is 34.7 Å². The highest BCUT2D eigenvalue weighted by molar-refractivity contribution is 5.81. The molecule has 1 aliphatic carbocycles. The Hall–Kier alpha value is -1.68. The first-order chi connectivity index (χ1) is 9.93. The zero-order valence-electron chi connectivity index (χ0n) is 13.0. The summed E-state index contributed by atoms with van der Waals surface area (Å²) in [5.41, 5.74) is 2.76. The van der Waals surface area contributed by atoms with Gasteiger partial charge in [-0.1, -0.05) is 0 Å². The van der Waals surface area contributed by atoms with Gasteiger partial charge in [0.2, 0.25) is 0 Å². The van der Waals surface area contributed by atoms with E-state index in [2.05, 4.69) is 4.98 Å². The fraction of sp³-hybridized carbons (Fsp3) is 0.529. The van der Waals surface area contributed by atoms with Crippen molar-refractivity contribution in [2.45, 2.75) is 52.1 Å². The number of nitrogens with zero attached hydrogens (tertiary/aromatic N) is 1. The number of carbonyl (C=O) groups excluding carboxylic acids is 1. The van der Waals surface area contributed by atoms with E-state index in [1.54, 1.807) is 12.4 Å². The SMILES string of the molecule is Cc1cncc(OCC2=C(C(C)(C)O)CCCC2)c1C=O. The molecule has 114 valence electrons. The van der Waals surface area contributed by atoms with Crippen LogP contribution in [0, 0.1) is 6.92 Å². The van der Waals surface area contributed by atoms with Crippen LogP contribution in [-0.4, -0.2) is 28.6 Å². The second-order valence-electron chi connectivity index (χ2n) is 6.12. The molecule has 4 heteroatoms. The predicted molar refractivity (Wildman–Crippen MR) is 81.6 cm³/mol. The maximum Gasteiger partial charge on any atom is 0.154 e. The number of rotatable bonds is 5. The van der Waals surface area contributed by atoms with Crippen molar-refractivity contribution in [3.63, 3.8) is 0 Å². The third-order valence-corrected chi connectivity index (χ3v) is 3.99. The van der Waals surface area contributed by atoms with Crippen molar-refractivity contribution >= 4 is 6.29 Å². The molecule has 0 fully saturated rings. The normalized spacial score (nSPS) is 16.0. The highest BCUT2D eigenvalue weighted by Crippen LogP contribution is 2.32. The predicted octanol–water partition coefficient (Wildman–Crippen LogP) is 3.22. The molecule has 0 aromatic carbocycles. The number of aryl methyl sites for hydroxylation is 1. The van der Waals surface area contributed by atoms with Crippen LogP contribution in [-0.2, 0) is 0 Å². The molecule has 1 aromatic heterocycles. The average molecular weight is 289 g/mol. The van der Waals surface area contributed by atoms with E-state index in [0.29, 0.717) is 17.9 Å². The molecule has 0 bridgehead atoms. The molecule has 1 heterocycles. The Kier molecular flexibility index (Phi) is 4.78. The molecule has 0 spiro atoms. The summed E-state index contributed by atoms with van der Waals surface area (Å²) in [7, 11) is 0. The van der Waals surface area contributed by atoms with E-state index in [0.717, 1.165) is 48.7 Å². The highest BCUT2D eigenvalue weighted by Gasteiger charge is 2.25. The van der Waals surface area contributed by atoms with Crippen LogP contribution in [0.1, 0.15) is 55.5 Å². The van der Waals surface area contributed by atoms with E-state index in [9.17, 15) is 9.90 Å². The van der Waals surface area contributed by atoms with Crippen molar-refractivity contribution in [2.75, 3.05) is 6.61 Å². The lowest BCUT2D eigenvalue weighted by atomic mass is 9.83. The molecule has 0 aliphatic heterocycles. The maximum atomic E-state index is 11.2. The van der Waals surface area contributed by atoms with Gasteiger partial charge in [-0.15, -0.1) is 0 Å². The lowest BCUT2D eigenvalue weighted by molar-refractivity contribution is 0.109. The number of ether oxygens (including phenoxy) is 1. The Morgan fingerprint density at radius 1 is 1.33 bits per heavy atom. The molecule has 0 saturated carbocycles. The second kappa shape index (κ2) is 6.39. The summed E-state index contributed by atoms with van der Waals surface area (Å²) in [6, 6.07) is 0. The number of pyridine rings is 1. The fourth-order valence-electron chi connectivity index (χ4n) is 2.85. The van der Waals surface area contributed by atoms with Crippen LogP contribution in [0.25, 0.3) is 0 Å². The van der Waals surface area contributed by atoms with Crippen molar-refractivity contribution in [2.24, 2.45) is 0 Å². The maximum absolute atomic E-state index is 11.2. The third-order valence-electron chi connectivity index (χ3n) is 3.99. The molecular formula is C17H23NO3. The van der Waals surface area contributed by atoms with E-state index in [1.807, 2.05) is 20.8 Å². The second-order valence-corrected chi connectivity index (χ2v) is 6.12. The van der Waals surface area contributed by atoms with E-state index in [4.69, 9.17) is 4.74 Å². The number of hydrogen-bond donors (Lipinski definition) is 1. The van der Waals surface area contributed by atoms with Gasteiger partial charge in [0.05, 0.1) is 17.4 Å². The molecule has 1 aliphatic rings. The van der Waals surface area contributed by atoms with Crippen LogP contribution >= 0.6 is 0 Å². The molecule has 0 amide bonds. The average Bonchev–Trinajstić information content (AvgIpc) is 2.44. The first kappa shape index (κ1) is 15.7. The summed E-state index contributed by atoms with van der Waals surface area (Å²) in [6.07, 6.45) is 8.10. The zero-order chi connectivity index (χ0) is 15.5. The largest absolute Gasteiger partial charge is 0.487 e. The standard InChI is InChI=1S/C17H23NO3/c1-12-8-18-9-16(14(12)10-19)21-11-13-6-4-5-7-15(13)17(2,3)20/h8-10,20H,4-7,11H2,1-3H3. The van der Waals surface area contributed by atoms with Gasteiger partial charge in [0.25, 0.3) is 0 Å². The topological polar surface area (TPSA) is 59.4 Å². The first-order valence-corrected chi connectivity index (χ1v) is 7.40. The van der Waals surface area contributed by atoms with Crippen LogP contribution in [0.15, 0.2) is 23.5 Å². The lowest BCUT2D eigenvalue weighted by Gasteiger charge is -2.29. The number of aliphatic hydroxyl groups is 1. The van der Waals surface area contributed by atoms with Gasteiger partial charge in [0, 0.05) is 6.20 Å². The van der Waals surface area contributed by atoms with E-state index >= 15 is 0 Å². The van der Waals surface area contributed by atoms with Gasteiger partial charge in [-0.05, 0) is 63.2 Å². The highest BCUT2D eigenvalue weighted by atomic mass is 16.5. The Bertz CT molecular complexity index is 556. The van der Waals surface area contributed by atoms with Gasteiger partial charge in [-0.2, -0.15) is 0 Å². The monoisotopic (exact) mass is 289 g/mol. The molecule has 1 aromatic rings. The van der Waals surface area contributed by atoms with Gasteiger partial charge in [-0.25, -0.2) is 0 Å². The summed E-state index contributed by atoms with van der Waals surface area (Å²) in [5, 5.41) is 10.3. The van der Waals surface area contributed by atoms with E-state index in [-0.39, 0.29) is 0 Å².